The lowest BCUT2D eigenvalue weighted by Gasteiger charge is -2.34. The van der Waals surface area contributed by atoms with E-state index in [1.54, 1.807) is 66.4 Å². The maximum absolute atomic E-state index is 13.9. The van der Waals surface area contributed by atoms with Gasteiger partial charge in [0.2, 0.25) is 11.8 Å². The Morgan fingerprint density at radius 1 is 0.914 bits per heavy atom. The topological polar surface area (TPSA) is 118 Å². The smallest absolute Gasteiger partial charge is 0.416 e. The number of aliphatic hydroxyl groups is 1. The van der Waals surface area contributed by atoms with Crippen LogP contribution in [0.2, 0.25) is 0 Å². The number of benzene rings is 3. The molecule has 0 radical (unpaired) electrons. The molecule has 302 valence electrons. The molecule has 17 heteroatoms. The van der Waals surface area contributed by atoms with E-state index in [9.17, 15) is 45.4 Å². The number of amides is 1. The van der Waals surface area contributed by atoms with Crippen LogP contribution in [0.25, 0.3) is 22.3 Å². The highest BCUT2D eigenvalue weighted by Gasteiger charge is 2.44. The molecule has 5 aromatic rings. The zero-order valence-corrected chi connectivity index (χ0v) is 31.0. The Bertz CT molecular complexity index is 2340. The van der Waals surface area contributed by atoms with Gasteiger partial charge in [0.1, 0.15) is 18.4 Å². The number of carbonyl (C=O) groups excluding carboxylic acids is 2. The highest BCUT2D eigenvalue weighted by atomic mass is 19.4. The summed E-state index contributed by atoms with van der Waals surface area (Å²) >= 11 is 0. The second kappa shape index (κ2) is 15.3. The number of methoxy groups -OCH3 is 1. The first-order valence-corrected chi connectivity index (χ1v) is 17.9. The number of Topliss-reactive ketones (excluding diaryl/α,β-unsaturated/α-hetero) is 1. The Kier molecular flexibility index (Phi) is 10.6. The number of nitrogens with zero attached hydrogens (tertiary/aromatic N) is 5. The summed E-state index contributed by atoms with van der Waals surface area (Å²) in [5.41, 5.74) is -0.189. The normalized spacial score (nSPS) is 17.9. The van der Waals surface area contributed by atoms with E-state index in [1.807, 2.05) is 0 Å². The fourth-order valence-corrected chi connectivity index (χ4v) is 7.00. The molecule has 2 aliphatic rings. The van der Waals surface area contributed by atoms with Crippen LogP contribution in [0.15, 0.2) is 85.2 Å². The number of ketones is 1. The first-order valence-electron chi connectivity index (χ1n) is 17.9. The molecule has 0 spiro atoms. The number of ether oxygens (including phenoxy) is 2. The monoisotopic (exact) mass is 809 g/mol. The number of anilines is 1. The van der Waals surface area contributed by atoms with Crippen molar-refractivity contribution in [3.63, 3.8) is 0 Å². The number of hydrogen-bond donors (Lipinski definition) is 1. The average molecular weight is 810 g/mol. The highest BCUT2D eigenvalue weighted by molar-refractivity contribution is 6.00. The van der Waals surface area contributed by atoms with E-state index in [-0.39, 0.29) is 48.8 Å². The van der Waals surface area contributed by atoms with E-state index < -0.39 is 65.3 Å². The molecule has 4 heterocycles. The van der Waals surface area contributed by atoms with Gasteiger partial charge in [-0.3, -0.25) is 9.69 Å². The molecule has 0 aliphatic carbocycles. The van der Waals surface area contributed by atoms with Crippen molar-refractivity contribution in [2.24, 2.45) is 0 Å². The molecule has 1 N–H and O–H groups in total. The van der Waals surface area contributed by atoms with Gasteiger partial charge in [-0.15, -0.1) is 0 Å². The standard InChI is InChI=1S/C41H34F7N5O5/c1-21-11-24(35(55)34(54)23-7-5-4-6-8-23)9-10-30(21)26-14-31(37(57-3)49-16-26)32-17-50-38(52-18-29(42)19-52)51-33(32)20-53-22(2)36(58-39(53)56)25-12-27(40(43,44)45)15-28(13-25)41(46,47)48/h4-17,22,29,34,36,54H,18-20H2,1-3H3/t22-,34?,36-/m0/s1. The van der Waals surface area contributed by atoms with Gasteiger partial charge in [0, 0.05) is 34.6 Å². The van der Waals surface area contributed by atoms with Gasteiger partial charge in [-0.25, -0.2) is 24.1 Å². The molecule has 2 aliphatic heterocycles. The molecule has 10 nitrogen and oxygen atoms in total. The Hall–Kier alpha value is -6.10. The number of carbonyl (C=O) groups is 2. The van der Waals surface area contributed by atoms with E-state index >= 15 is 0 Å². The molecular weight excluding hydrogens is 775 g/mol. The van der Waals surface area contributed by atoms with Gasteiger partial charge in [-0.2, -0.15) is 26.3 Å². The van der Waals surface area contributed by atoms with Crippen LogP contribution in [0.3, 0.4) is 0 Å². The quantitative estimate of drug-likeness (QED) is 0.109. The Morgan fingerprint density at radius 3 is 2.19 bits per heavy atom. The second-order valence-corrected chi connectivity index (χ2v) is 14.0. The minimum Gasteiger partial charge on any atom is -0.481 e. The summed E-state index contributed by atoms with van der Waals surface area (Å²) in [4.78, 5) is 42.8. The summed E-state index contributed by atoms with van der Waals surface area (Å²) in [5, 5.41) is 10.7. The summed E-state index contributed by atoms with van der Waals surface area (Å²) < 4.78 is 107. The third-order valence-electron chi connectivity index (χ3n) is 10.1. The number of aryl methyl sites for hydroxylation is 1. The SMILES string of the molecule is COc1ncc(-c2ccc(C(=O)C(O)c3ccccc3)cc2C)cc1-c1cnc(N2CC(F)C2)nc1CN1C(=O)O[C@H](c2cc(C(F)(F)F)cc(C(F)(F)F)c2)[C@@H]1C. The van der Waals surface area contributed by atoms with Gasteiger partial charge in [-0.1, -0.05) is 42.5 Å². The molecule has 1 unspecified atom stereocenters. The molecule has 2 aromatic heterocycles. The molecule has 58 heavy (non-hydrogen) atoms. The van der Waals surface area contributed by atoms with Gasteiger partial charge < -0.3 is 19.5 Å². The van der Waals surface area contributed by atoms with Crippen molar-refractivity contribution >= 4 is 17.8 Å². The largest absolute Gasteiger partial charge is 0.481 e. The highest BCUT2D eigenvalue weighted by Crippen LogP contribution is 2.42. The first-order chi connectivity index (χ1) is 27.4. The van der Waals surface area contributed by atoms with Gasteiger partial charge in [0.25, 0.3) is 0 Å². The fraction of sp³-hybridized carbons (Fsp3) is 0.293. The van der Waals surface area contributed by atoms with Gasteiger partial charge in [0.05, 0.1) is 49.6 Å². The van der Waals surface area contributed by atoms with Crippen LogP contribution < -0.4 is 9.64 Å². The van der Waals surface area contributed by atoms with Crippen molar-refractivity contribution in [2.45, 2.75) is 57.2 Å². The summed E-state index contributed by atoms with van der Waals surface area (Å²) in [5.74, 6) is -0.263. The Labute approximate surface area is 326 Å². The zero-order valence-electron chi connectivity index (χ0n) is 31.0. The lowest BCUT2D eigenvalue weighted by Crippen LogP contribution is -2.49. The van der Waals surface area contributed by atoms with E-state index in [1.165, 1.54) is 26.4 Å². The van der Waals surface area contributed by atoms with E-state index in [4.69, 9.17) is 9.47 Å². The minimum atomic E-state index is -5.12. The number of hydrogen-bond acceptors (Lipinski definition) is 9. The number of halogens is 7. The van der Waals surface area contributed by atoms with E-state index in [0.717, 1.165) is 4.90 Å². The first kappa shape index (κ1) is 40.1. The van der Waals surface area contributed by atoms with Crippen molar-refractivity contribution in [3.05, 3.63) is 124 Å². The van der Waals surface area contributed by atoms with E-state index in [0.29, 0.717) is 45.5 Å². The van der Waals surface area contributed by atoms with Crippen LogP contribution in [-0.4, -0.2) is 69.2 Å². The predicted molar refractivity (Wildman–Crippen MR) is 196 cm³/mol. The van der Waals surface area contributed by atoms with Crippen molar-refractivity contribution in [3.8, 4) is 28.1 Å². The minimum absolute atomic E-state index is 0.000613. The van der Waals surface area contributed by atoms with Crippen molar-refractivity contribution < 1.29 is 54.9 Å². The molecule has 2 saturated heterocycles. The van der Waals surface area contributed by atoms with Gasteiger partial charge in [0.15, 0.2) is 5.78 Å². The number of cyclic esters (lactones) is 1. The number of alkyl halides is 7. The molecular formula is C41H34F7N5O5. The third-order valence-corrected chi connectivity index (χ3v) is 10.1. The van der Waals surface area contributed by atoms with Crippen LogP contribution in [0.4, 0.5) is 41.5 Å². The summed E-state index contributed by atoms with van der Waals surface area (Å²) in [6, 6.07) is 15.1. The Morgan fingerprint density at radius 2 is 1.59 bits per heavy atom. The summed E-state index contributed by atoms with van der Waals surface area (Å²) in [6.45, 7) is 2.85. The summed E-state index contributed by atoms with van der Waals surface area (Å²) in [6.07, 6.45) is -12.3. The number of aliphatic hydroxyl groups excluding tert-OH is 1. The number of rotatable bonds is 10. The van der Waals surface area contributed by atoms with Crippen molar-refractivity contribution in [1.29, 1.82) is 0 Å². The number of aromatic nitrogens is 3. The van der Waals surface area contributed by atoms with Crippen LogP contribution in [0.5, 0.6) is 5.88 Å². The molecule has 2 fully saturated rings. The van der Waals surface area contributed by atoms with E-state index in [2.05, 4.69) is 15.0 Å². The third kappa shape index (κ3) is 7.90. The van der Waals surface area contributed by atoms with Crippen LogP contribution in [-0.2, 0) is 23.6 Å². The second-order valence-electron chi connectivity index (χ2n) is 14.0. The molecule has 0 saturated carbocycles. The van der Waals surface area contributed by atoms with Crippen LogP contribution >= 0.6 is 0 Å². The lowest BCUT2D eigenvalue weighted by atomic mass is 9.93. The lowest BCUT2D eigenvalue weighted by molar-refractivity contribution is -0.143. The molecule has 7 rings (SSSR count). The Balaban J connectivity index is 1.24. The van der Waals surface area contributed by atoms with Crippen LogP contribution in [0.1, 0.15) is 63.0 Å². The summed E-state index contributed by atoms with van der Waals surface area (Å²) in [7, 11) is 1.38. The van der Waals surface area contributed by atoms with Crippen molar-refractivity contribution in [2.75, 3.05) is 25.1 Å². The van der Waals surface area contributed by atoms with Gasteiger partial charge >= 0.3 is 18.4 Å². The maximum Gasteiger partial charge on any atom is 0.416 e. The average Bonchev–Trinajstić information content (AvgIpc) is 3.46. The number of pyridine rings is 1. The molecule has 3 aromatic carbocycles. The molecule has 0 bridgehead atoms. The van der Waals surface area contributed by atoms with Crippen molar-refractivity contribution in [1.82, 2.24) is 19.9 Å². The fourth-order valence-electron chi connectivity index (χ4n) is 7.00. The molecule has 3 atom stereocenters. The maximum atomic E-state index is 13.9. The predicted octanol–water partition coefficient (Wildman–Crippen LogP) is 8.72. The van der Waals surface area contributed by atoms with Gasteiger partial charge in [-0.05, 0) is 66.4 Å². The molecule has 1 amide bonds. The van der Waals surface area contributed by atoms with Crippen LogP contribution in [0, 0.1) is 6.92 Å². The zero-order chi connectivity index (χ0) is 41.7.